The van der Waals surface area contributed by atoms with Gasteiger partial charge in [-0.15, -0.1) is 0 Å². The van der Waals surface area contributed by atoms with E-state index in [9.17, 15) is 0 Å². The molecule has 0 radical (unpaired) electrons. The molecule has 1 aliphatic rings. The molecule has 1 saturated carbocycles. The van der Waals surface area contributed by atoms with E-state index in [0.29, 0.717) is 0 Å². The summed E-state index contributed by atoms with van der Waals surface area (Å²) in [6.45, 7) is 6.83. The highest BCUT2D eigenvalue weighted by atomic mass is 14.3. The molecule has 0 aromatic heterocycles. The molecule has 0 aromatic rings. The number of allylic oxidation sites excluding steroid dienone is 2. The van der Waals surface area contributed by atoms with E-state index < -0.39 is 0 Å². The van der Waals surface area contributed by atoms with Crippen molar-refractivity contribution in [2.45, 2.75) is 33.6 Å². The van der Waals surface area contributed by atoms with Crippen LogP contribution in [0.3, 0.4) is 0 Å². The second kappa shape index (κ2) is 2.55. The lowest BCUT2D eigenvalue weighted by atomic mass is 10.1. The Labute approximate surface area is 58.0 Å². The minimum absolute atomic E-state index is 0.810. The van der Waals surface area contributed by atoms with Crippen LogP contribution >= 0.6 is 0 Å². The lowest BCUT2D eigenvalue weighted by Crippen LogP contribution is -1.83. The molecule has 0 spiro atoms. The van der Waals surface area contributed by atoms with Crippen molar-refractivity contribution in [1.82, 2.24) is 0 Å². The topological polar surface area (TPSA) is 0 Å². The highest BCUT2D eigenvalue weighted by molar-refractivity contribution is 5.22. The fourth-order valence-electron chi connectivity index (χ4n) is 1.01. The summed E-state index contributed by atoms with van der Waals surface area (Å²) < 4.78 is 0. The molecule has 2 atom stereocenters. The van der Waals surface area contributed by atoms with Crippen LogP contribution in [0.15, 0.2) is 11.6 Å². The van der Waals surface area contributed by atoms with E-state index in [0.717, 1.165) is 11.8 Å². The fraction of sp³-hybridized carbons (Fsp3) is 0.778. The predicted octanol–water partition coefficient (Wildman–Crippen LogP) is 3.00. The van der Waals surface area contributed by atoms with Gasteiger partial charge in [0.15, 0.2) is 0 Å². The van der Waals surface area contributed by atoms with Crippen molar-refractivity contribution in [3.8, 4) is 0 Å². The molecule has 0 aromatic carbocycles. The summed E-state index contributed by atoms with van der Waals surface area (Å²) in [5.41, 5.74) is 1.68. The van der Waals surface area contributed by atoms with Crippen LogP contribution in [-0.2, 0) is 0 Å². The lowest BCUT2D eigenvalue weighted by molar-refractivity contribution is 0.695. The molecule has 0 heterocycles. The Bertz CT molecular complexity index is 122. The van der Waals surface area contributed by atoms with Crippen molar-refractivity contribution in [3.63, 3.8) is 0 Å². The first-order valence-corrected chi connectivity index (χ1v) is 3.94. The number of hydrogen-bond acceptors (Lipinski definition) is 0. The van der Waals surface area contributed by atoms with Gasteiger partial charge in [0, 0.05) is 0 Å². The summed E-state index contributed by atoms with van der Waals surface area (Å²) in [4.78, 5) is 0. The SMILES string of the molecule is CCC(C)C=C1CC1C. The molecule has 52 valence electrons. The van der Waals surface area contributed by atoms with Gasteiger partial charge < -0.3 is 0 Å². The zero-order chi connectivity index (χ0) is 6.85. The smallest absolute Gasteiger partial charge is 0.0194 e. The number of hydrogen-bond donors (Lipinski definition) is 0. The molecule has 0 saturated heterocycles. The van der Waals surface area contributed by atoms with Gasteiger partial charge in [0.1, 0.15) is 0 Å². The van der Waals surface area contributed by atoms with Gasteiger partial charge in [-0.25, -0.2) is 0 Å². The van der Waals surface area contributed by atoms with Gasteiger partial charge in [-0.05, 0) is 18.3 Å². The van der Waals surface area contributed by atoms with E-state index in [1.165, 1.54) is 12.8 Å². The number of rotatable bonds is 2. The largest absolute Gasteiger partial charge is 0.0822 e. The molecule has 0 bridgehead atoms. The van der Waals surface area contributed by atoms with E-state index in [1.54, 1.807) is 5.57 Å². The van der Waals surface area contributed by atoms with Crippen LogP contribution in [-0.4, -0.2) is 0 Å². The fourth-order valence-corrected chi connectivity index (χ4v) is 1.01. The predicted molar refractivity (Wildman–Crippen MR) is 41.3 cm³/mol. The summed E-state index contributed by atoms with van der Waals surface area (Å²) in [6, 6.07) is 0. The van der Waals surface area contributed by atoms with Gasteiger partial charge in [0.05, 0.1) is 0 Å². The summed E-state index contributed by atoms with van der Waals surface area (Å²) in [5, 5.41) is 0. The average Bonchev–Trinajstić information content (AvgIpc) is 2.47. The minimum Gasteiger partial charge on any atom is -0.0822 e. The molecule has 0 nitrogen and oxygen atoms in total. The Kier molecular flexibility index (Phi) is 1.94. The van der Waals surface area contributed by atoms with Gasteiger partial charge in [-0.2, -0.15) is 0 Å². The summed E-state index contributed by atoms with van der Waals surface area (Å²) >= 11 is 0. The first-order valence-electron chi connectivity index (χ1n) is 3.94. The quantitative estimate of drug-likeness (QED) is 0.496. The minimum atomic E-state index is 0.810. The maximum Gasteiger partial charge on any atom is -0.0194 e. The Hall–Kier alpha value is -0.260. The van der Waals surface area contributed by atoms with E-state index in [2.05, 4.69) is 26.8 Å². The van der Waals surface area contributed by atoms with Gasteiger partial charge in [0.2, 0.25) is 0 Å². The second-order valence-electron chi connectivity index (χ2n) is 3.23. The monoisotopic (exact) mass is 124 g/mol. The standard InChI is InChI=1S/C9H16/c1-4-7(2)5-9-6-8(9)3/h5,7-8H,4,6H2,1-3H3. The van der Waals surface area contributed by atoms with Crippen molar-refractivity contribution in [3.05, 3.63) is 11.6 Å². The maximum absolute atomic E-state index is 2.44. The van der Waals surface area contributed by atoms with Crippen molar-refractivity contribution in [1.29, 1.82) is 0 Å². The van der Waals surface area contributed by atoms with Gasteiger partial charge in [-0.1, -0.05) is 38.8 Å². The lowest BCUT2D eigenvalue weighted by Gasteiger charge is -1.96. The molecule has 1 fully saturated rings. The van der Waals surface area contributed by atoms with Crippen LogP contribution in [0.25, 0.3) is 0 Å². The van der Waals surface area contributed by atoms with Crippen LogP contribution in [0.4, 0.5) is 0 Å². The first kappa shape index (κ1) is 6.85. The van der Waals surface area contributed by atoms with Crippen molar-refractivity contribution in [2.75, 3.05) is 0 Å². The van der Waals surface area contributed by atoms with Gasteiger partial charge >= 0.3 is 0 Å². The molecule has 1 rings (SSSR count). The van der Waals surface area contributed by atoms with E-state index in [-0.39, 0.29) is 0 Å². The zero-order valence-electron chi connectivity index (χ0n) is 6.65. The Morgan fingerprint density at radius 1 is 1.78 bits per heavy atom. The van der Waals surface area contributed by atoms with Crippen LogP contribution in [0.1, 0.15) is 33.6 Å². The summed E-state index contributed by atoms with van der Waals surface area (Å²) in [7, 11) is 0. The Morgan fingerprint density at radius 3 is 2.67 bits per heavy atom. The van der Waals surface area contributed by atoms with Crippen molar-refractivity contribution in [2.24, 2.45) is 11.8 Å². The van der Waals surface area contributed by atoms with Crippen LogP contribution < -0.4 is 0 Å². The van der Waals surface area contributed by atoms with Gasteiger partial charge in [0.25, 0.3) is 0 Å². The third-order valence-electron chi connectivity index (χ3n) is 2.16. The molecule has 9 heavy (non-hydrogen) atoms. The molecule has 2 unspecified atom stereocenters. The van der Waals surface area contributed by atoms with Crippen molar-refractivity contribution < 1.29 is 0 Å². The van der Waals surface area contributed by atoms with Crippen LogP contribution in [0.5, 0.6) is 0 Å². The molecule has 0 amide bonds. The molecule has 0 heteroatoms. The third kappa shape index (κ3) is 1.85. The van der Waals surface area contributed by atoms with Crippen LogP contribution in [0, 0.1) is 11.8 Å². The van der Waals surface area contributed by atoms with Crippen LogP contribution in [0.2, 0.25) is 0 Å². The summed E-state index contributed by atoms with van der Waals surface area (Å²) in [5.74, 6) is 1.73. The zero-order valence-corrected chi connectivity index (χ0v) is 6.65. The van der Waals surface area contributed by atoms with Gasteiger partial charge in [-0.3, -0.25) is 0 Å². The highest BCUT2D eigenvalue weighted by Crippen LogP contribution is 2.37. The Balaban J connectivity index is 2.31. The van der Waals surface area contributed by atoms with E-state index in [4.69, 9.17) is 0 Å². The highest BCUT2D eigenvalue weighted by Gasteiger charge is 2.23. The molecule has 0 aliphatic heterocycles. The van der Waals surface area contributed by atoms with Crippen molar-refractivity contribution >= 4 is 0 Å². The normalized spacial score (nSPS) is 32.8. The maximum atomic E-state index is 2.44. The molecule has 0 N–H and O–H groups in total. The molecular weight excluding hydrogens is 108 g/mol. The second-order valence-corrected chi connectivity index (χ2v) is 3.23. The summed E-state index contributed by atoms with van der Waals surface area (Å²) in [6.07, 6.45) is 5.09. The molecule has 1 aliphatic carbocycles. The average molecular weight is 124 g/mol. The first-order chi connectivity index (χ1) is 4.24. The Morgan fingerprint density at radius 2 is 2.33 bits per heavy atom. The van der Waals surface area contributed by atoms with E-state index in [1.807, 2.05) is 0 Å². The third-order valence-corrected chi connectivity index (χ3v) is 2.16. The molecular formula is C9H16. The van der Waals surface area contributed by atoms with E-state index >= 15 is 0 Å².